The molecule has 2 aromatic carbocycles. The second kappa shape index (κ2) is 7.86. The van der Waals surface area contributed by atoms with Crippen molar-refractivity contribution in [2.24, 2.45) is 23.7 Å². The molecule has 6 atom stereocenters. The summed E-state index contributed by atoms with van der Waals surface area (Å²) in [5.74, 6) is -2.20. The Balaban J connectivity index is 1.27. The van der Waals surface area contributed by atoms with E-state index >= 15 is 0 Å². The number of fused-ring (bicyclic) bond motifs is 1. The van der Waals surface area contributed by atoms with E-state index in [1.807, 2.05) is 0 Å². The molecule has 2 amide bonds. The minimum atomic E-state index is -4.60. The smallest absolute Gasteiger partial charge is 0.418 e. The highest BCUT2D eigenvalue weighted by atomic mass is 79.9. The number of hydrogen-bond donors (Lipinski definition) is 2. The summed E-state index contributed by atoms with van der Waals surface area (Å²) in [6.45, 7) is 0. The number of rotatable bonds is 4. The summed E-state index contributed by atoms with van der Waals surface area (Å²) in [5.41, 5.74) is -0.725. The van der Waals surface area contributed by atoms with Gasteiger partial charge in [0.15, 0.2) is 0 Å². The van der Waals surface area contributed by atoms with Crippen LogP contribution in [0.25, 0.3) is 0 Å². The molecular formula is C23H18BrF3N2O4. The van der Waals surface area contributed by atoms with Crippen LogP contribution in [0.15, 0.2) is 48.5 Å². The number of nitrogens with one attached hydrogen (secondary N) is 2. The maximum Gasteiger partial charge on any atom is 0.418 e. The van der Waals surface area contributed by atoms with E-state index in [1.54, 1.807) is 0 Å². The van der Waals surface area contributed by atoms with Crippen molar-refractivity contribution in [3.63, 3.8) is 0 Å². The van der Waals surface area contributed by atoms with Gasteiger partial charge >= 0.3 is 12.1 Å². The van der Waals surface area contributed by atoms with E-state index in [4.69, 9.17) is 4.74 Å². The minimum Gasteiger partial charge on any atom is -0.461 e. The highest BCUT2D eigenvalue weighted by molar-refractivity contribution is 9.09. The highest BCUT2D eigenvalue weighted by Gasteiger charge is 2.67. The fraction of sp³-hybridized carbons (Fsp3) is 0.348. The molecule has 0 spiro atoms. The van der Waals surface area contributed by atoms with Gasteiger partial charge in [0.05, 0.1) is 27.9 Å². The zero-order chi connectivity index (χ0) is 23.5. The first-order valence-corrected chi connectivity index (χ1v) is 11.3. The monoisotopic (exact) mass is 522 g/mol. The van der Waals surface area contributed by atoms with Crippen LogP contribution < -0.4 is 10.6 Å². The Bertz CT molecular complexity index is 1140. The van der Waals surface area contributed by atoms with E-state index in [1.165, 1.54) is 42.5 Å². The molecule has 2 aromatic rings. The zero-order valence-corrected chi connectivity index (χ0v) is 18.5. The van der Waals surface area contributed by atoms with Crippen LogP contribution in [0.3, 0.4) is 0 Å². The van der Waals surface area contributed by atoms with Gasteiger partial charge in [0.2, 0.25) is 5.91 Å². The maximum atomic E-state index is 13.1. The van der Waals surface area contributed by atoms with Crippen LogP contribution in [0.1, 0.15) is 22.3 Å². The summed E-state index contributed by atoms with van der Waals surface area (Å²) in [7, 11) is 0. The number of alkyl halides is 4. The molecule has 1 heterocycles. The largest absolute Gasteiger partial charge is 0.461 e. The summed E-state index contributed by atoms with van der Waals surface area (Å²) in [6, 6.07) is 10.5. The second-order valence-electron chi connectivity index (χ2n) is 8.52. The van der Waals surface area contributed by atoms with Gasteiger partial charge in [-0.1, -0.05) is 28.1 Å². The van der Waals surface area contributed by atoms with Crippen molar-refractivity contribution in [3.8, 4) is 0 Å². The number of para-hydroxylation sites is 1. The average molecular weight is 523 g/mol. The standard InChI is InChI=1S/C23H18BrF3N2O4/c24-18-12-9-13-17(22(32)33-19(13)18)16(12)21(31)28-11-7-5-10(6-8-11)20(30)29-15-4-2-1-3-14(15)23(25,26)27/h1-8,12-13,16-19H,9H2,(H,28,31)(H,29,30)/t12-,13-,16-,17+,18-,19+/m1/s1. The first-order valence-electron chi connectivity index (χ1n) is 10.4. The lowest BCUT2D eigenvalue weighted by atomic mass is 9.79. The SMILES string of the molecule is O=C(Nc1ccccc1C(F)(F)F)c1ccc(NC(=O)[C@@H]2[C@H]3C[C@H]4[C@H](OC(=O)[C@@H]42)[C@@H]3Br)cc1. The lowest BCUT2D eigenvalue weighted by molar-refractivity contribution is -0.145. The molecule has 3 fully saturated rings. The maximum absolute atomic E-state index is 13.1. The summed E-state index contributed by atoms with van der Waals surface area (Å²) in [4.78, 5) is 37.6. The van der Waals surface area contributed by atoms with Crippen LogP contribution in [0.2, 0.25) is 0 Å². The molecule has 2 saturated carbocycles. The number of anilines is 2. The van der Waals surface area contributed by atoms with Gasteiger partial charge in [0, 0.05) is 17.2 Å². The molecule has 3 aliphatic rings. The molecule has 1 aliphatic heterocycles. The summed E-state index contributed by atoms with van der Waals surface area (Å²) >= 11 is 3.57. The molecule has 172 valence electrons. The number of carbonyl (C=O) groups excluding carboxylic acids is 3. The number of benzene rings is 2. The summed E-state index contributed by atoms with van der Waals surface area (Å²) in [6.07, 6.45) is -4.01. The molecule has 6 nitrogen and oxygen atoms in total. The van der Waals surface area contributed by atoms with E-state index in [-0.39, 0.29) is 45.9 Å². The van der Waals surface area contributed by atoms with Gasteiger partial charge in [0.1, 0.15) is 6.10 Å². The number of amides is 2. The van der Waals surface area contributed by atoms with Gasteiger partial charge < -0.3 is 15.4 Å². The number of hydrogen-bond acceptors (Lipinski definition) is 4. The molecule has 0 unspecified atom stereocenters. The van der Waals surface area contributed by atoms with Crippen LogP contribution in [0.5, 0.6) is 0 Å². The van der Waals surface area contributed by atoms with Gasteiger partial charge in [-0.25, -0.2) is 0 Å². The Morgan fingerprint density at radius 2 is 1.70 bits per heavy atom. The zero-order valence-electron chi connectivity index (χ0n) is 16.9. The molecule has 0 radical (unpaired) electrons. The Morgan fingerprint density at radius 1 is 1.00 bits per heavy atom. The molecule has 10 heteroatoms. The predicted molar refractivity (Wildman–Crippen MR) is 116 cm³/mol. The first-order chi connectivity index (χ1) is 15.6. The quantitative estimate of drug-likeness (QED) is 0.458. The Labute approximate surface area is 195 Å². The number of esters is 1. The third-order valence-corrected chi connectivity index (χ3v) is 7.92. The fourth-order valence-corrected chi connectivity index (χ4v) is 6.34. The lowest BCUT2D eigenvalue weighted by Gasteiger charge is -2.27. The molecule has 33 heavy (non-hydrogen) atoms. The second-order valence-corrected chi connectivity index (χ2v) is 9.58. The van der Waals surface area contributed by atoms with Crippen molar-refractivity contribution >= 4 is 45.1 Å². The van der Waals surface area contributed by atoms with Gasteiger partial charge in [0.25, 0.3) is 5.91 Å². The van der Waals surface area contributed by atoms with Crippen molar-refractivity contribution in [2.45, 2.75) is 23.5 Å². The minimum absolute atomic E-state index is 0.00945. The molecule has 2 aliphatic carbocycles. The van der Waals surface area contributed by atoms with Crippen molar-refractivity contribution in [1.82, 2.24) is 0 Å². The molecule has 1 saturated heterocycles. The lowest BCUT2D eigenvalue weighted by Crippen LogP contribution is -2.40. The van der Waals surface area contributed by atoms with E-state index in [9.17, 15) is 27.6 Å². The van der Waals surface area contributed by atoms with Crippen LogP contribution in [0.4, 0.5) is 24.5 Å². The Hall–Kier alpha value is -2.88. The van der Waals surface area contributed by atoms with Crippen molar-refractivity contribution in [3.05, 3.63) is 59.7 Å². The normalized spacial score (nSPS) is 29.6. The van der Waals surface area contributed by atoms with Crippen LogP contribution in [0, 0.1) is 23.7 Å². The predicted octanol–water partition coefficient (Wildman–Crippen LogP) is 4.47. The molecule has 2 bridgehead atoms. The number of ether oxygens (including phenoxy) is 1. The highest BCUT2D eigenvalue weighted by Crippen LogP contribution is 2.60. The van der Waals surface area contributed by atoms with Gasteiger partial charge in [-0.05, 0) is 48.7 Å². The van der Waals surface area contributed by atoms with E-state index in [0.29, 0.717) is 5.69 Å². The molecule has 5 rings (SSSR count). The van der Waals surface area contributed by atoms with Gasteiger partial charge in [-0.3, -0.25) is 14.4 Å². The van der Waals surface area contributed by atoms with Crippen molar-refractivity contribution in [2.75, 3.05) is 10.6 Å². The number of halogens is 4. The topological polar surface area (TPSA) is 84.5 Å². The molecule has 0 aromatic heterocycles. The van der Waals surface area contributed by atoms with Gasteiger partial charge in [-0.15, -0.1) is 0 Å². The number of carbonyl (C=O) groups is 3. The van der Waals surface area contributed by atoms with Gasteiger partial charge in [-0.2, -0.15) is 13.2 Å². The van der Waals surface area contributed by atoms with Crippen molar-refractivity contribution < 1.29 is 32.3 Å². The van der Waals surface area contributed by atoms with Crippen LogP contribution in [-0.2, 0) is 20.5 Å². The van der Waals surface area contributed by atoms with Crippen LogP contribution in [-0.4, -0.2) is 28.7 Å². The average Bonchev–Trinajstić information content (AvgIpc) is 3.38. The third kappa shape index (κ3) is 3.70. The van der Waals surface area contributed by atoms with E-state index in [2.05, 4.69) is 26.6 Å². The summed E-state index contributed by atoms with van der Waals surface area (Å²) in [5, 5.41) is 5.07. The molecule has 2 N–H and O–H groups in total. The Morgan fingerprint density at radius 3 is 2.39 bits per heavy atom. The molecular weight excluding hydrogens is 505 g/mol. The Kier molecular flexibility index (Phi) is 5.23. The fourth-order valence-electron chi connectivity index (χ4n) is 5.29. The summed E-state index contributed by atoms with van der Waals surface area (Å²) < 4.78 is 44.8. The first kappa shape index (κ1) is 21.9. The van der Waals surface area contributed by atoms with E-state index in [0.717, 1.165) is 12.5 Å². The van der Waals surface area contributed by atoms with Crippen LogP contribution >= 0.6 is 15.9 Å². The third-order valence-electron chi connectivity index (χ3n) is 6.72. The van der Waals surface area contributed by atoms with Crippen molar-refractivity contribution in [1.29, 1.82) is 0 Å². The van der Waals surface area contributed by atoms with E-state index < -0.39 is 29.5 Å².